The number of hydrogen-bond donors (Lipinski definition) is 2. The van der Waals surface area contributed by atoms with Crippen molar-refractivity contribution in [3.05, 3.63) is 6.20 Å². The minimum absolute atomic E-state index is 0.0162. The summed E-state index contributed by atoms with van der Waals surface area (Å²) in [5, 5.41) is 8.34. The maximum absolute atomic E-state index is 8.34. The fourth-order valence-electron chi connectivity index (χ4n) is 0.279. The van der Waals surface area contributed by atoms with Crippen LogP contribution in [0.15, 0.2) is 10.6 Å². The number of aromatic nitrogens is 1. The summed E-state index contributed by atoms with van der Waals surface area (Å²) in [6.45, 7) is 0. The van der Waals surface area contributed by atoms with Crippen molar-refractivity contribution in [1.82, 2.24) is 4.98 Å². The van der Waals surface area contributed by atoms with Crippen molar-refractivity contribution in [2.45, 2.75) is 0 Å². The van der Waals surface area contributed by atoms with Gasteiger partial charge in [0.25, 0.3) is 6.01 Å². The Kier molecular flexibility index (Phi) is 0.651. The fourth-order valence-corrected chi connectivity index (χ4v) is 0.279. The second kappa shape index (κ2) is 1.14. The van der Waals surface area contributed by atoms with Gasteiger partial charge in [0.2, 0.25) is 0 Å². The quantitative estimate of drug-likeness (QED) is 0.480. The van der Waals surface area contributed by atoms with E-state index in [1.165, 1.54) is 0 Å². The zero-order valence-corrected chi connectivity index (χ0v) is 3.46. The van der Waals surface area contributed by atoms with Crippen LogP contribution in [0.4, 0.5) is 6.01 Å². The third kappa shape index (κ3) is 0.623. The summed E-state index contributed by atoms with van der Waals surface area (Å²) in [5.41, 5.74) is 4.94. The number of nitrogens with zero attached hydrogens (tertiary/aromatic N) is 1. The molecule has 1 aromatic rings. The molecule has 0 bridgehead atoms. The van der Waals surface area contributed by atoms with Gasteiger partial charge in [0, 0.05) is 0 Å². The van der Waals surface area contributed by atoms with Gasteiger partial charge in [0.1, 0.15) is 6.20 Å². The van der Waals surface area contributed by atoms with Crippen molar-refractivity contribution in [2.75, 3.05) is 5.73 Å². The molecule has 0 amide bonds. The standard InChI is InChI=1S/C3H4N2O2/c4-3-5-1-2(6)7-3/h1,6H,(H2,4,5). The molecule has 0 spiro atoms. The molecule has 3 N–H and O–H groups in total. The van der Waals surface area contributed by atoms with E-state index < -0.39 is 0 Å². The molecule has 0 aliphatic heterocycles. The maximum atomic E-state index is 8.34. The second-order valence-electron chi connectivity index (χ2n) is 1.04. The molecule has 1 aromatic heterocycles. The summed E-state index contributed by atoms with van der Waals surface area (Å²) < 4.78 is 4.31. The zero-order chi connectivity index (χ0) is 5.28. The normalized spacial score (nSPS) is 9.14. The van der Waals surface area contributed by atoms with Gasteiger partial charge in [-0.15, -0.1) is 0 Å². The number of nitrogens with two attached hydrogens (primary N) is 1. The molecule has 1 rings (SSSR count). The molecule has 1 heterocycles. The molecular formula is C3H4N2O2. The Hall–Kier alpha value is -1.19. The van der Waals surface area contributed by atoms with E-state index in [0.29, 0.717) is 0 Å². The maximum Gasteiger partial charge on any atom is 0.304 e. The van der Waals surface area contributed by atoms with Gasteiger partial charge in [0.15, 0.2) is 0 Å². The molecule has 0 aliphatic carbocycles. The Morgan fingerprint density at radius 3 is 2.71 bits per heavy atom. The Morgan fingerprint density at radius 1 is 1.86 bits per heavy atom. The highest BCUT2D eigenvalue weighted by Gasteiger charge is 1.91. The van der Waals surface area contributed by atoms with Crippen LogP contribution in [-0.2, 0) is 0 Å². The van der Waals surface area contributed by atoms with Crippen LogP contribution in [0.25, 0.3) is 0 Å². The molecule has 4 heteroatoms. The van der Waals surface area contributed by atoms with Crippen LogP contribution in [0.3, 0.4) is 0 Å². The highest BCUT2D eigenvalue weighted by molar-refractivity contribution is 5.12. The second-order valence-corrected chi connectivity index (χ2v) is 1.04. The summed E-state index contributed by atoms with van der Waals surface area (Å²) in [6, 6.07) is -0.0162. The predicted molar refractivity (Wildman–Crippen MR) is 22.6 cm³/mol. The van der Waals surface area contributed by atoms with E-state index >= 15 is 0 Å². The van der Waals surface area contributed by atoms with Crippen molar-refractivity contribution < 1.29 is 9.52 Å². The SMILES string of the molecule is Nc1ncc(O)o1. The Labute approximate surface area is 39.6 Å². The van der Waals surface area contributed by atoms with Crippen LogP contribution in [0.1, 0.15) is 0 Å². The van der Waals surface area contributed by atoms with Gasteiger partial charge in [0.05, 0.1) is 0 Å². The number of nitrogen functional groups attached to an aromatic ring is 1. The van der Waals surface area contributed by atoms with E-state index in [-0.39, 0.29) is 12.0 Å². The van der Waals surface area contributed by atoms with Gasteiger partial charge in [-0.05, 0) is 0 Å². The van der Waals surface area contributed by atoms with Crippen LogP contribution in [0, 0.1) is 0 Å². The molecule has 0 aromatic carbocycles. The van der Waals surface area contributed by atoms with Gasteiger partial charge in [-0.25, -0.2) is 0 Å². The van der Waals surface area contributed by atoms with E-state index in [0.717, 1.165) is 6.20 Å². The van der Waals surface area contributed by atoms with Gasteiger partial charge in [-0.3, -0.25) is 0 Å². The summed E-state index contributed by atoms with van der Waals surface area (Å²) >= 11 is 0. The summed E-state index contributed by atoms with van der Waals surface area (Å²) in [6.07, 6.45) is 1.13. The first-order valence-corrected chi connectivity index (χ1v) is 1.69. The van der Waals surface area contributed by atoms with Crippen LogP contribution in [0.5, 0.6) is 5.95 Å². The summed E-state index contributed by atoms with van der Waals surface area (Å²) in [7, 11) is 0. The first kappa shape index (κ1) is 3.98. The molecule has 0 fully saturated rings. The van der Waals surface area contributed by atoms with Crippen LogP contribution in [0.2, 0.25) is 0 Å². The Morgan fingerprint density at radius 2 is 2.57 bits per heavy atom. The monoisotopic (exact) mass is 100 g/mol. The highest BCUT2D eigenvalue weighted by Crippen LogP contribution is 2.09. The smallest absolute Gasteiger partial charge is 0.304 e. The molecule has 38 valence electrons. The molecule has 0 radical (unpaired) electrons. The van der Waals surface area contributed by atoms with E-state index in [2.05, 4.69) is 9.40 Å². The van der Waals surface area contributed by atoms with Crippen molar-refractivity contribution in [2.24, 2.45) is 0 Å². The highest BCUT2D eigenvalue weighted by atomic mass is 16.5. The summed E-state index contributed by atoms with van der Waals surface area (Å²) in [5.74, 6) is -0.252. The molecule has 0 atom stereocenters. The molecule has 0 saturated carbocycles. The molecule has 0 unspecified atom stereocenters. The van der Waals surface area contributed by atoms with Crippen molar-refractivity contribution in [3.8, 4) is 5.95 Å². The Balaban J connectivity index is 3.04. The lowest BCUT2D eigenvalue weighted by molar-refractivity contribution is 0.339. The van der Waals surface area contributed by atoms with Crippen molar-refractivity contribution in [3.63, 3.8) is 0 Å². The lowest BCUT2D eigenvalue weighted by Gasteiger charge is -1.73. The van der Waals surface area contributed by atoms with Crippen LogP contribution in [-0.4, -0.2) is 10.1 Å². The molecular weight excluding hydrogens is 96.0 g/mol. The minimum Gasteiger partial charge on any atom is -0.480 e. The number of anilines is 1. The van der Waals surface area contributed by atoms with Gasteiger partial charge < -0.3 is 15.3 Å². The first-order valence-electron chi connectivity index (χ1n) is 1.69. The van der Waals surface area contributed by atoms with Crippen molar-refractivity contribution >= 4 is 6.01 Å². The summed E-state index contributed by atoms with van der Waals surface area (Å²) in [4.78, 5) is 3.38. The lowest BCUT2D eigenvalue weighted by Crippen LogP contribution is -1.79. The average Bonchev–Trinajstić information content (AvgIpc) is 1.87. The third-order valence-electron chi connectivity index (χ3n) is 0.511. The van der Waals surface area contributed by atoms with Gasteiger partial charge in [-0.1, -0.05) is 0 Å². The molecule has 0 aliphatic rings. The van der Waals surface area contributed by atoms with Crippen LogP contribution < -0.4 is 5.73 Å². The predicted octanol–water partition coefficient (Wildman–Crippen LogP) is -0.0376. The molecule has 4 nitrogen and oxygen atoms in total. The van der Waals surface area contributed by atoms with Crippen LogP contribution >= 0.6 is 0 Å². The fraction of sp³-hybridized carbons (Fsp3) is 0. The lowest BCUT2D eigenvalue weighted by atomic mass is 10.9. The third-order valence-corrected chi connectivity index (χ3v) is 0.511. The average molecular weight is 100 g/mol. The van der Waals surface area contributed by atoms with E-state index in [4.69, 9.17) is 10.8 Å². The van der Waals surface area contributed by atoms with E-state index in [1.54, 1.807) is 0 Å². The molecule has 7 heavy (non-hydrogen) atoms. The number of rotatable bonds is 0. The molecule has 0 saturated heterocycles. The zero-order valence-electron chi connectivity index (χ0n) is 3.46. The minimum atomic E-state index is -0.252. The van der Waals surface area contributed by atoms with Gasteiger partial charge >= 0.3 is 5.95 Å². The number of oxazole rings is 1. The van der Waals surface area contributed by atoms with Gasteiger partial charge in [-0.2, -0.15) is 4.98 Å². The Bertz CT molecular complexity index is 143. The number of aromatic hydroxyl groups is 1. The van der Waals surface area contributed by atoms with E-state index in [1.807, 2.05) is 0 Å². The largest absolute Gasteiger partial charge is 0.480 e. The topological polar surface area (TPSA) is 72.3 Å². The first-order chi connectivity index (χ1) is 3.29. The number of hydrogen-bond acceptors (Lipinski definition) is 4. The van der Waals surface area contributed by atoms with E-state index in [9.17, 15) is 0 Å². The van der Waals surface area contributed by atoms with Crippen molar-refractivity contribution in [1.29, 1.82) is 0 Å².